The summed E-state index contributed by atoms with van der Waals surface area (Å²) in [5.74, 6) is -0.216. The molecular weight excluding hydrogens is 205 g/mol. The number of aliphatic hydroxyl groups excluding tert-OH is 1. The highest BCUT2D eigenvalue weighted by Crippen LogP contribution is 2.24. The Morgan fingerprint density at radius 2 is 2.06 bits per heavy atom. The van der Waals surface area contributed by atoms with E-state index in [1.807, 2.05) is 6.92 Å². The van der Waals surface area contributed by atoms with Gasteiger partial charge in [-0.05, 0) is 43.5 Å². The second-order valence-electron chi connectivity index (χ2n) is 4.56. The molecule has 1 aliphatic carbocycles. The van der Waals surface area contributed by atoms with Crippen molar-refractivity contribution in [1.29, 1.82) is 0 Å². The Morgan fingerprint density at radius 1 is 1.31 bits per heavy atom. The first-order chi connectivity index (χ1) is 7.66. The lowest BCUT2D eigenvalue weighted by Crippen LogP contribution is -2.36. The minimum atomic E-state index is -0.279. The van der Waals surface area contributed by atoms with Crippen molar-refractivity contribution in [3.63, 3.8) is 0 Å². The normalized spacial score (nSPS) is 25.4. The van der Waals surface area contributed by atoms with Gasteiger partial charge in [0.25, 0.3) is 0 Å². The van der Waals surface area contributed by atoms with E-state index in [2.05, 4.69) is 5.32 Å². The molecule has 2 nitrogen and oxygen atoms in total. The lowest BCUT2D eigenvalue weighted by molar-refractivity contribution is 0.116. The third-order valence-corrected chi connectivity index (χ3v) is 3.26. The van der Waals surface area contributed by atoms with Crippen molar-refractivity contribution in [3.05, 3.63) is 29.6 Å². The molecule has 1 aromatic carbocycles. The summed E-state index contributed by atoms with van der Waals surface area (Å²) in [4.78, 5) is 0. The maximum absolute atomic E-state index is 12.9. The molecular formula is C13H18FNO. The molecule has 1 saturated carbocycles. The van der Waals surface area contributed by atoms with E-state index in [0.29, 0.717) is 0 Å². The second kappa shape index (κ2) is 4.83. The Morgan fingerprint density at radius 3 is 2.75 bits per heavy atom. The smallest absolute Gasteiger partial charge is 0.123 e. The number of anilines is 1. The average molecular weight is 223 g/mol. The van der Waals surface area contributed by atoms with E-state index < -0.39 is 0 Å². The van der Waals surface area contributed by atoms with Crippen LogP contribution < -0.4 is 5.32 Å². The minimum Gasteiger partial charge on any atom is -0.391 e. The first-order valence-electron chi connectivity index (χ1n) is 5.87. The van der Waals surface area contributed by atoms with E-state index in [9.17, 15) is 9.50 Å². The summed E-state index contributed by atoms with van der Waals surface area (Å²) in [7, 11) is 0. The topological polar surface area (TPSA) is 32.3 Å². The zero-order valence-electron chi connectivity index (χ0n) is 9.54. The number of aryl methyl sites for hydroxylation is 1. The highest BCUT2D eigenvalue weighted by Gasteiger charge is 2.22. The SMILES string of the molecule is Cc1cc(F)ccc1N[C@@H]1CCCC[C@H]1O. The van der Waals surface area contributed by atoms with Gasteiger partial charge in [0.1, 0.15) is 5.82 Å². The van der Waals surface area contributed by atoms with Crippen molar-refractivity contribution < 1.29 is 9.50 Å². The Labute approximate surface area is 95.5 Å². The van der Waals surface area contributed by atoms with Crippen LogP contribution in [0.1, 0.15) is 31.2 Å². The molecule has 3 heteroatoms. The number of rotatable bonds is 2. The summed E-state index contributed by atoms with van der Waals surface area (Å²) in [6.07, 6.45) is 3.81. The van der Waals surface area contributed by atoms with Gasteiger partial charge in [-0.15, -0.1) is 0 Å². The van der Waals surface area contributed by atoms with E-state index >= 15 is 0 Å². The van der Waals surface area contributed by atoms with Gasteiger partial charge in [0.15, 0.2) is 0 Å². The largest absolute Gasteiger partial charge is 0.391 e. The van der Waals surface area contributed by atoms with Crippen LogP contribution in [0.3, 0.4) is 0 Å². The number of hydrogen-bond acceptors (Lipinski definition) is 2. The Kier molecular flexibility index (Phi) is 3.44. The molecule has 1 fully saturated rings. The first kappa shape index (κ1) is 11.4. The molecule has 0 heterocycles. The standard InChI is InChI=1S/C13H18FNO/c1-9-8-10(14)6-7-11(9)15-12-4-2-3-5-13(12)16/h6-8,12-13,15-16H,2-5H2,1H3/t12-,13-/m1/s1. The van der Waals surface area contributed by atoms with Crippen LogP contribution in [-0.4, -0.2) is 17.3 Å². The molecule has 88 valence electrons. The quantitative estimate of drug-likeness (QED) is 0.808. The fourth-order valence-electron chi connectivity index (χ4n) is 2.27. The monoisotopic (exact) mass is 223 g/mol. The van der Waals surface area contributed by atoms with Crippen LogP contribution in [0.5, 0.6) is 0 Å². The molecule has 0 saturated heterocycles. The van der Waals surface area contributed by atoms with E-state index in [1.54, 1.807) is 6.07 Å². The zero-order chi connectivity index (χ0) is 11.5. The molecule has 2 rings (SSSR count). The van der Waals surface area contributed by atoms with Gasteiger partial charge < -0.3 is 10.4 Å². The lowest BCUT2D eigenvalue weighted by Gasteiger charge is -2.29. The fraction of sp³-hybridized carbons (Fsp3) is 0.538. The van der Waals surface area contributed by atoms with Gasteiger partial charge >= 0.3 is 0 Å². The van der Waals surface area contributed by atoms with Crippen LogP contribution in [0, 0.1) is 12.7 Å². The minimum absolute atomic E-state index is 0.109. The summed E-state index contributed by atoms with van der Waals surface area (Å²) in [5, 5.41) is 13.1. The van der Waals surface area contributed by atoms with Crippen LogP contribution >= 0.6 is 0 Å². The predicted molar refractivity (Wildman–Crippen MR) is 63.0 cm³/mol. The van der Waals surface area contributed by atoms with Gasteiger partial charge in [0, 0.05) is 5.69 Å². The maximum Gasteiger partial charge on any atom is 0.123 e. The molecule has 2 atom stereocenters. The van der Waals surface area contributed by atoms with Crippen molar-refractivity contribution in [3.8, 4) is 0 Å². The summed E-state index contributed by atoms with van der Waals surface area (Å²) in [5.41, 5.74) is 1.81. The highest BCUT2D eigenvalue weighted by atomic mass is 19.1. The summed E-state index contributed by atoms with van der Waals surface area (Å²) >= 11 is 0. The fourth-order valence-corrected chi connectivity index (χ4v) is 2.27. The molecule has 0 radical (unpaired) electrons. The molecule has 0 aliphatic heterocycles. The molecule has 1 aromatic rings. The molecule has 2 N–H and O–H groups in total. The number of aliphatic hydroxyl groups is 1. The Bertz CT molecular complexity index is 367. The third kappa shape index (κ3) is 2.53. The van der Waals surface area contributed by atoms with E-state index in [0.717, 1.165) is 36.9 Å². The molecule has 0 bridgehead atoms. The molecule has 0 aromatic heterocycles. The molecule has 0 amide bonds. The first-order valence-corrected chi connectivity index (χ1v) is 5.87. The lowest BCUT2D eigenvalue weighted by atomic mass is 9.92. The molecule has 0 spiro atoms. The molecule has 16 heavy (non-hydrogen) atoms. The van der Waals surface area contributed by atoms with Gasteiger partial charge in [-0.1, -0.05) is 12.8 Å². The zero-order valence-corrected chi connectivity index (χ0v) is 9.54. The van der Waals surface area contributed by atoms with Gasteiger partial charge in [0.05, 0.1) is 12.1 Å². The van der Waals surface area contributed by atoms with E-state index in [1.165, 1.54) is 12.1 Å². The highest BCUT2D eigenvalue weighted by molar-refractivity contribution is 5.51. The second-order valence-corrected chi connectivity index (χ2v) is 4.56. The van der Waals surface area contributed by atoms with Crippen molar-refractivity contribution in [2.24, 2.45) is 0 Å². The summed E-state index contributed by atoms with van der Waals surface area (Å²) < 4.78 is 12.9. The van der Waals surface area contributed by atoms with Crippen LogP contribution in [0.15, 0.2) is 18.2 Å². The van der Waals surface area contributed by atoms with E-state index in [4.69, 9.17) is 0 Å². The summed E-state index contributed by atoms with van der Waals surface area (Å²) in [6.45, 7) is 1.88. The maximum atomic E-state index is 12.9. The Balaban J connectivity index is 2.07. The molecule has 1 aliphatic rings. The van der Waals surface area contributed by atoms with Crippen molar-refractivity contribution in [2.75, 3.05) is 5.32 Å². The van der Waals surface area contributed by atoms with Crippen molar-refractivity contribution >= 4 is 5.69 Å². The average Bonchev–Trinajstić information content (AvgIpc) is 2.25. The summed E-state index contributed by atoms with van der Waals surface area (Å²) in [6, 6.07) is 4.81. The van der Waals surface area contributed by atoms with Crippen LogP contribution in [0.4, 0.5) is 10.1 Å². The Hall–Kier alpha value is -1.09. The molecule has 0 unspecified atom stereocenters. The van der Waals surface area contributed by atoms with Gasteiger partial charge in [0.2, 0.25) is 0 Å². The number of nitrogens with one attached hydrogen (secondary N) is 1. The van der Waals surface area contributed by atoms with Gasteiger partial charge in [-0.3, -0.25) is 0 Å². The van der Waals surface area contributed by atoms with Gasteiger partial charge in [-0.25, -0.2) is 4.39 Å². The van der Waals surface area contributed by atoms with Crippen LogP contribution in [-0.2, 0) is 0 Å². The van der Waals surface area contributed by atoms with Crippen molar-refractivity contribution in [2.45, 2.75) is 44.8 Å². The van der Waals surface area contributed by atoms with Crippen molar-refractivity contribution in [1.82, 2.24) is 0 Å². The number of benzene rings is 1. The predicted octanol–water partition coefficient (Wildman–Crippen LogP) is 2.85. The van der Waals surface area contributed by atoms with Gasteiger partial charge in [-0.2, -0.15) is 0 Å². The van der Waals surface area contributed by atoms with Crippen LogP contribution in [0.2, 0.25) is 0 Å². The number of halogens is 1. The van der Waals surface area contributed by atoms with E-state index in [-0.39, 0.29) is 18.0 Å². The van der Waals surface area contributed by atoms with Crippen LogP contribution in [0.25, 0.3) is 0 Å². The number of hydrogen-bond donors (Lipinski definition) is 2. The third-order valence-electron chi connectivity index (χ3n) is 3.26.